The standard InChI is InChI=1S/C83H128O17P2/c1-5-9-13-17-21-25-29-32-35-37-38-40-43-45-49-52-56-60-64-68-81(86)94-74-79(100-83(88)70-66-62-58-54-50-46-41-34-31-27-23-19-15-11-7-3)76-98-102(91,92)96-72-77(84)71-95-101(89,90)97-75-78(99-82(87)69-65-61-57-53-47-28-24-20-16-12-8-4)73-93-80(85)67-63-59-55-51-48-44-42-39-36-33-30-26-22-18-14-10-6-2/h9-11,13-15,20-27,32-36,38,40-42,44-45,49-51,54-56,60,62,66,77-79,84H,5-8,12,16-19,28-31,37,39,43,46-48,52-53,57-59,61,63-65,67-76H2,1-4H3,(H,89,90)(H,91,92)/b13-9-,14-10-,15-11-,24-20-,25-21-,26-22-,27-23-,35-32-,36-33-,40-38-,41-34-,44-42-,49-45-,54-50-,55-51-,60-56-,66-62-. The fraction of sp³-hybridized carbons (Fsp3) is 0.542. The smallest absolute Gasteiger partial charge is 0.462 e. The third-order valence-electron chi connectivity index (χ3n) is 14.3. The number of esters is 4. The average Bonchev–Trinajstić information content (AvgIpc) is 0.939. The molecule has 0 aliphatic rings. The highest BCUT2D eigenvalue weighted by molar-refractivity contribution is 7.47. The van der Waals surface area contributed by atoms with Crippen molar-refractivity contribution in [2.24, 2.45) is 0 Å². The summed E-state index contributed by atoms with van der Waals surface area (Å²) in [5.41, 5.74) is 0. The maximum absolute atomic E-state index is 13.1. The SMILES string of the molecule is CC/C=C\C/C=C\C/C=C\C/C=C\C/C=C\C/C=C\CCC(=O)OCC(COP(=O)(O)OCC(O)COP(=O)(O)OCC(COC(=O)CCC/C=C\C/C=C\C/C=C\C/C=C\C/C=C\CC)OC(=O)CCCCCCC/C=C\CCCC)OC(=O)C/C=C\C/C=C\C/C=C\C/C=C\C/C=C\CC. The number of allylic oxidation sites excluding steroid dienone is 33. The zero-order valence-electron chi connectivity index (χ0n) is 62.2. The van der Waals surface area contributed by atoms with Crippen molar-refractivity contribution < 1.29 is 80.2 Å². The van der Waals surface area contributed by atoms with Gasteiger partial charge in [-0.05, 0) is 148 Å². The van der Waals surface area contributed by atoms with Crippen LogP contribution in [0.2, 0.25) is 0 Å². The van der Waals surface area contributed by atoms with Gasteiger partial charge < -0.3 is 33.8 Å². The molecule has 0 aliphatic heterocycles. The Labute approximate surface area is 614 Å². The highest BCUT2D eigenvalue weighted by Gasteiger charge is 2.30. The highest BCUT2D eigenvalue weighted by atomic mass is 31.2. The summed E-state index contributed by atoms with van der Waals surface area (Å²) in [6.45, 7) is 4.15. The Hall–Kier alpha value is -6.36. The Morgan fingerprint density at radius 1 is 0.294 bits per heavy atom. The van der Waals surface area contributed by atoms with Gasteiger partial charge in [0.1, 0.15) is 19.3 Å². The van der Waals surface area contributed by atoms with Crippen molar-refractivity contribution in [3.05, 3.63) is 207 Å². The van der Waals surface area contributed by atoms with Gasteiger partial charge in [0.05, 0.1) is 32.8 Å². The molecule has 5 atom stereocenters. The van der Waals surface area contributed by atoms with Crippen molar-refractivity contribution in [3.63, 3.8) is 0 Å². The van der Waals surface area contributed by atoms with E-state index in [2.05, 4.69) is 180 Å². The highest BCUT2D eigenvalue weighted by Crippen LogP contribution is 2.45. The summed E-state index contributed by atoms with van der Waals surface area (Å²) in [4.78, 5) is 72.7. The second kappa shape index (κ2) is 73.0. The molecule has 0 spiro atoms. The molecule has 0 saturated heterocycles. The lowest BCUT2D eigenvalue weighted by atomic mass is 10.1. The van der Waals surface area contributed by atoms with Crippen LogP contribution in [0.25, 0.3) is 0 Å². The molecule has 0 rings (SSSR count). The molecule has 0 aliphatic carbocycles. The van der Waals surface area contributed by atoms with Crippen LogP contribution in [0.1, 0.15) is 233 Å². The lowest BCUT2D eigenvalue weighted by Crippen LogP contribution is -2.30. The zero-order valence-corrected chi connectivity index (χ0v) is 64.0. The number of phosphoric acid groups is 2. The molecule has 0 aromatic carbocycles. The topological polar surface area (TPSA) is 237 Å². The van der Waals surface area contributed by atoms with Crippen LogP contribution in [0, 0.1) is 0 Å². The number of rotatable bonds is 67. The molecule has 0 saturated carbocycles. The van der Waals surface area contributed by atoms with Gasteiger partial charge in [-0.25, -0.2) is 9.13 Å². The molecule has 0 radical (unpaired) electrons. The second-order valence-electron chi connectivity index (χ2n) is 23.8. The first kappa shape index (κ1) is 95.6. The summed E-state index contributed by atoms with van der Waals surface area (Å²) in [7, 11) is -10.0. The minimum Gasteiger partial charge on any atom is -0.462 e. The Morgan fingerprint density at radius 3 is 0.971 bits per heavy atom. The Bertz CT molecular complexity index is 2750. The predicted molar refractivity (Wildman–Crippen MR) is 417 cm³/mol. The average molecular weight is 1460 g/mol. The maximum Gasteiger partial charge on any atom is 0.472 e. The van der Waals surface area contributed by atoms with Crippen molar-refractivity contribution in [2.75, 3.05) is 39.6 Å². The minimum atomic E-state index is -5.03. The van der Waals surface area contributed by atoms with Crippen LogP contribution in [0.4, 0.5) is 0 Å². The van der Waals surface area contributed by atoms with E-state index in [1.807, 2.05) is 42.5 Å². The fourth-order valence-electron chi connectivity index (χ4n) is 8.69. The van der Waals surface area contributed by atoms with Crippen molar-refractivity contribution in [2.45, 2.75) is 251 Å². The molecule has 572 valence electrons. The molecule has 0 fully saturated rings. The molecule has 17 nitrogen and oxygen atoms in total. The van der Waals surface area contributed by atoms with Crippen molar-refractivity contribution >= 4 is 39.5 Å². The van der Waals surface area contributed by atoms with Crippen molar-refractivity contribution in [3.8, 4) is 0 Å². The van der Waals surface area contributed by atoms with Gasteiger partial charge in [-0.15, -0.1) is 0 Å². The van der Waals surface area contributed by atoms with E-state index >= 15 is 0 Å². The summed E-state index contributed by atoms with van der Waals surface area (Å²) < 4.78 is 68.1. The van der Waals surface area contributed by atoms with Crippen LogP contribution >= 0.6 is 15.6 Å². The van der Waals surface area contributed by atoms with E-state index < -0.39 is 97.5 Å². The van der Waals surface area contributed by atoms with Crippen molar-refractivity contribution in [1.29, 1.82) is 0 Å². The fourth-order valence-corrected chi connectivity index (χ4v) is 10.3. The molecule has 0 heterocycles. The molecular weight excluding hydrogens is 1330 g/mol. The number of unbranched alkanes of at least 4 members (excludes halogenated alkanes) is 8. The third kappa shape index (κ3) is 72.0. The van der Waals surface area contributed by atoms with Gasteiger partial charge in [-0.2, -0.15) is 0 Å². The van der Waals surface area contributed by atoms with Gasteiger partial charge in [0, 0.05) is 19.3 Å². The molecule has 3 N–H and O–H groups in total. The van der Waals surface area contributed by atoms with Crippen LogP contribution in [0.5, 0.6) is 0 Å². The van der Waals surface area contributed by atoms with Gasteiger partial charge in [0.2, 0.25) is 0 Å². The number of hydrogen-bond acceptors (Lipinski definition) is 15. The van der Waals surface area contributed by atoms with E-state index in [0.29, 0.717) is 38.5 Å². The monoisotopic (exact) mass is 1460 g/mol. The lowest BCUT2D eigenvalue weighted by Gasteiger charge is -2.21. The van der Waals surface area contributed by atoms with E-state index in [1.165, 1.54) is 6.42 Å². The molecule has 5 unspecified atom stereocenters. The quantitative estimate of drug-likeness (QED) is 0.0169. The number of hydrogen-bond donors (Lipinski definition) is 3. The molecule has 0 aromatic heterocycles. The Morgan fingerprint density at radius 2 is 0.578 bits per heavy atom. The van der Waals surface area contributed by atoms with E-state index in [0.717, 1.165) is 135 Å². The molecule has 102 heavy (non-hydrogen) atoms. The number of aliphatic hydroxyl groups is 1. The predicted octanol–water partition coefficient (Wildman–Crippen LogP) is 21.5. The number of ether oxygens (including phenoxy) is 4. The number of phosphoric ester groups is 2. The van der Waals surface area contributed by atoms with Crippen LogP contribution in [-0.2, 0) is 65.4 Å². The van der Waals surface area contributed by atoms with Gasteiger partial charge in [-0.1, -0.05) is 266 Å². The Balaban J connectivity index is 5.54. The molecule has 19 heteroatoms. The van der Waals surface area contributed by atoms with E-state index in [4.69, 9.17) is 37.0 Å². The summed E-state index contributed by atoms with van der Waals surface area (Å²) in [6, 6.07) is 0. The van der Waals surface area contributed by atoms with Crippen LogP contribution in [0.3, 0.4) is 0 Å². The first-order valence-electron chi connectivity index (χ1n) is 37.3. The van der Waals surface area contributed by atoms with Gasteiger partial charge in [0.15, 0.2) is 12.2 Å². The normalized spacial score (nSPS) is 15.1. The van der Waals surface area contributed by atoms with E-state index in [1.54, 1.807) is 12.2 Å². The largest absolute Gasteiger partial charge is 0.472 e. The van der Waals surface area contributed by atoms with Gasteiger partial charge in [0.25, 0.3) is 0 Å². The van der Waals surface area contributed by atoms with Gasteiger partial charge in [-0.3, -0.25) is 37.3 Å². The van der Waals surface area contributed by atoms with E-state index in [-0.39, 0.29) is 25.7 Å². The molecule has 0 amide bonds. The van der Waals surface area contributed by atoms with Crippen LogP contribution in [-0.4, -0.2) is 96.7 Å². The number of aliphatic hydroxyl groups excluding tert-OH is 1. The molecular formula is C83H128O17P2. The first-order chi connectivity index (χ1) is 49.7. The second-order valence-corrected chi connectivity index (χ2v) is 26.7. The van der Waals surface area contributed by atoms with Crippen molar-refractivity contribution in [1.82, 2.24) is 0 Å². The molecule has 0 aromatic rings. The van der Waals surface area contributed by atoms with Gasteiger partial charge >= 0.3 is 39.5 Å². The first-order valence-corrected chi connectivity index (χ1v) is 40.3. The van der Waals surface area contributed by atoms with Crippen LogP contribution < -0.4 is 0 Å². The summed E-state index contributed by atoms with van der Waals surface area (Å²) in [5, 5.41) is 10.6. The maximum atomic E-state index is 13.1. The van der Waals surface area contributed by atoms with Crippen LogP contribution in [0.15, 0.2) is 207 Å². The summed E-state index contributed by atoms with van der Waals surface area (Å²) in [6.07, 6.45) is 90.3. The third-order valence-corrected chi connectivity index (χ3v) is 16.2. The summed E-state index contributed by atoms with van der Waals surface area (Å²) in [5.74, 6) is -2.53. The summed E-state index contributed by atoms with van der Waals surface area (Å²) >= 11 is 0. The number of carbonyl (C=O) groups excluding carboxylic acids is 4. The van der Waals surface area contributed by atoms with E-state index in [9.17, 15) is 43.2 Å². The lowest BCUT2D eigenvalue weighted by molar-refractivity contribution is -0.161. The Kier molecular flexibility index (Phi) is 68.4. The number of carbonyl (C=O) groups is 4. The zero-order chi connectivity index (χ0) is 74.6. The minimum absolute atomic E-state index is 0.00659. The molecule has 0 bridgehead atoms.